The maximum absolute atomic E-state index is 12.4. The fourth-order valence-corrected chi connectivity index (χ4v) is 3.69. The van der Waals surface area contributed by atoms with Crippen LogP contribution in [0.2, 0.25) is 0 Å². The molecule has 4 rings (SSSR count). The second-order valence-corrected chi connectivity index (χ2v) is 6.65. The van der Waals surface area contributed by atoms with Crippen LogP contribution >= 0.6 is 0 Å². The van der Waals surface area contributed by atoms with Gasteiger partial charge in [0.05, 0.1) is 12.5 Å². The maximum atomic E-state index is 12.4. The molecule has 3 aromatic rings. The number of carbonyl (C=O) groups is 1. The predicted molar refractivity (Wildman–Crippen MR) is 99.6 cm³/mol. The van der Waals surface area contributed by atoms with Crippen molar-refractivity contribution in [3.63, 3.8) is 0 Å². The number of pyridine rings is 1. The quantitative estimate of drug-likeness (QED) is 0.729. The Morgan fingerprint density at radius 3 is 2.88 bits per heavy atom. The van der Waals surface area contributed by atoms with Gasteiger partial charge in [-0.3, -0.25) is 9.78 Å². The summed E-state index contributed by atoms with van der Waals surface area (Å²) in [6, 6.07) is 12.4. The Bertz CT molecular complexity index is 903. The van der Waals surface area contributed by atoms with E-state index in [4.69, 9.17) is 0 Å². The van der Waals surface area contributed by atoms with E-state index in [2.05, 4.69) is 38.8 Å². The number of benzene rings is 1. The monoisotopic (exact) mass is 346 g/mol. The predicted octanol–water partition coefficient (Wildman–Crippen LogP) is 3.21. The van der Waals surface area contributed by atoms with Gasteiger partial charge in [-0.25, -0.2) is 4.98 Å². The van der Waals surface area contributed by atoms with Gasteiger partial charge in [0.1, 0.15) is 5.82 Å². The lowest BCUT2D eigenvalue weighted by Crippen LogP contribution is -2.39. The first-order chi connectivity index (χ1) is 12.8. The second-order valence-electron chi connectivity index (χ2n) is 6.65. The van der Waals surface area contributed by atoms with Crippen molar-refractivity contribution in [1.29, 1.82) is 0 Å². The summed E-state index contributed by atoms with van der Waals surface area (Å²) in [5, 5.41) is 0. The molecule has 1 atom stereocenters. The molecule has 2 aromatic heterocycles. The zero-order valence-corrected chi connectivity index (χ0v) is 14.9. The third-order valence-corrected chi connectivity index (χ3v) is 4.98. The van der Waals surface area contributed by atoms with Crippen LogP contribution in [0, 0.1) is 0 Å². The SMILES string of the molecule is CCC(=O)N1Cc2ccccc2[C@H](c2nccn2Cc2cccnc2)C1. The third-order valence-electron chi connectivity index (χ3n) is 4.98. The summed E-state index contributed by atoms with van der Waals surface area (Å²) in [6.45, 7) is 4.00. The molecule has 0 bridgehead atoms. The van der Waals surface area contributed by atoms with Gasteiger partial charge in [-0.15, -0.1) is 0 Å². The zero-order chi connectivity index (χ0) is 17.9. The number of aromatic nitrogens is 3. The standard InChI is InChI=1S/C21H22N4O/c1-2-20(26)25-14-17-7-3-4-8-18(17)19(15-25)21-23-10-11-24(21)13-16-6-5-9-22-12-16/h3-12,19H,2,13-15H2,1H3/t19-/m1/s1. The molecule has 0 unspecified atom stereocenters. The van der Waals surface area contributed by atoms with Crippen molar-refractivity contribution in [2.45, 2.75) is 32.4 Å². The molecule has 3 heterocycles. The summed E-state index contributed by atoms with van der Waals surface area (Å²) >= 11 is 0. The van der Waals surface area contributed by atoms with Crippen LogP contribution in [0.1, 0.15) is 41.8 Å². The molecule has 0 fully saturated rings. The summed E-state index contributed by atoms with van der Waals surface area (Å²) in [7, 11) is 0. The highest BCUT2D eigenvalue weighted by molar-refractivity contribution is 5.76. The molecule has 0 saturated heterocycles. The lowest BCUT2D eigenvalue weighted by molar-refractivity contribution is -0.132. The van der Waals surface area contributed by atoms with Gasteiger partial charge in [0.25, 0.3) is 0 Å². The first kappa shape index (κ1) is 16.5. The van der Waals surface area contributed by atoms with Crippen molar-refractivity contribution in [3.8, 4) is 0 Å². The molecule has 0 aliphatic carbocycles. The van der Waals surface area contributed by atoms with Gasteiger partial charge in [-0.1, -0.05) is 37.3 Å². The molecule has 0 N–H and O–H groups in total. The highest BCUT2D eigenvalue weighted by Crippen LogP contribution is 2.33. The van der Waals surface area contributed by atoms with Crippen LogP contribution in [0.4, 0.5) is 0 Å². The van der Waals surface area contributed by atoms with Crippen molar-refractivity contribution in [2.75, 3.05) is 6.54 Å². The number of carbonyl (C=O) groups excluding carboxylic acids is 1. The molecule has 1 aliphatic rings. The summed E-state index contributed by atoms with van der Waals surface area (Å²) in [4.78, 5) is 23.2. The Labute approximate surface area is 153 Å². The molecular weight excluding hydrogens is 324 g/mol. The molecule has 0 radical (unpaired) electrons. The Kier molecular flexibility index (Phi) is 4.52. The minimum atomic E-state index is 0.0853. The van der Waals surface area contributed by atoms with E-state index in [1.807, 2.05) is 42.5 Å². The van der Waals surface area contributed by atoms with Gasteiger partial charge in [-0.2, -0.15) is 0 Å². The average molecular weight is 346 g/mol. The van der Waals surface area contributed by atoms with Gasteiger partial charge in [0.2, 0.25) is 5.91 Å². The third kappa shape index (κ3) is 3.12. The molecule has 0 spiro atoms. The zero-order valence-electron chi connectivity index (χ0n) is 14.9. The van der Waals surface area contributed by atoms with Gasteiger partial charge < -0.3 is 9.47 Å². The van der Waals surface area contributed by atoms with E-state index in [9.17, 15) is 4.79 Å². The summed E-state index contributed by atoms with van der Waals surface area (Å²) in [6.07, 6.45) is 8.04. The molecule has 5 heteroatoms. The number of fused-ring (bicyclic) bond motifs is 1. The molecule has 5 nitrogen and oxygen atoms in total. The number of hydrogen-bond donors (Lipinski definition) is 0. The van der Waals surface area contributed by atoms with Crippen LogP contribution in [0.5, 0.6) is 0 Å². The van der Waals surface area contributed by atoms with E-state index < -0.39 is 0 Å². The van der Waals surface area contributed by atoms with Gasteiger partial charge in [0.15, 0.2) is 0 Å². The summed E-state index contributed by atoms with van der Waals surface area (Å²) in [5.41, 5.74) is 3.62. The van der Waals surface area contributed by atoms with E-state index in [1.165, 1.54) is 11.1 Å². The molecule has 0 saturated carbocycles. The minimum Gasteiger partial charge on any atom is -0.337 e. The van der Waals surface area contributed by atoms with Crippen LogP contribution in [0.15, 0.2) is 61.2 Å². The van der Waals surface area contributed by atoms with E-state index in [-0.39, 0.29) is 11.8 Å². The Balaban J connectivity index is 1.71. The number of nitrogens with zero attached hydrogens (tertiary/aromatic N) is 4. The first-order valence-corrected chi connectivity index (χ1v) is 9.01. The fraction of sp³-hybridized carbons (Fsp3) is 0.286. The largest absolute Gasteiger partial charge is 0.337 e. The second kappa shape index (κ2) is 7.12. The smallest absolute Gasteiger partial charge is 0.222 e. The Morgan fingerprint density at radius 2 is 2.08 bits per heavy atom. The van der Waals surface area contributed by atoms with Gasteiger partial charge in [-0.05, 0) is 22.8 Å². The number of hydrogen-bond acceptors (Lipinski definition) is 3. The Morgan fingerprint density at radius 1 is 1.19 bits per heavy atom. The number of rotatable bonds is 4. The van der Waals surface area contributed by atoms with E-state index in [1.54, 1.807) is 6.20 Å². The fourth-order valence-electron chi connectivity index (χ4n) is 3.69. The van der Waals surface area contributed by atoms with Gasteiger partial charge in [0, 0.05) is 44.3 Å². The van der Waals surface area contributed by atoms with Crippen molar-refractivity contribution in [3.05, 3.63) is 83.7 Å². The van der Waals surface area contributed by atoms with Crippen molar-refractivity contribution in [1.82, 2.24) is 19.4 Å². The molecule has 1 aromatic carbocycles. The van der Waals surface area contributed by atoms with Crippen LogP contribution in [0.25, 0.3) is 0 Å². The molecule has 1 aliphatic heterocycles. The normalized spacial score (nSPS) is 16.3. The van der Waals surface area contributed by atoms with Crippen LogP contribution in [-0.4, -0.2) is 31.9 Å². The van der Waals surface area contributed by atoms with Gasteiger partial charge >= 0.3 is 0 Å². The molecule has 132 valence electrons. The topological polar surface area (TPSA) is 51.0 Å². The van der Waals surface area contributed by atoms with Crippen LogP contribution in [0.3, 0.4) is 0 Å². The average Bonchev–Trinajstić information content (AvgIpc) is 3.15. The van der Waals surface area contributed by atoms with Crippen LogP contribution in [-0.2, 0) is 17.9 Å². The van der Waals surface area contributed by atoms with E-state index in [0.717, 1.165) is 17.9 Å². The maximum Gasteiger partial charge on any atom is 0.222 e. The highest BCUT2D eigenvalue weighted by Gasteiger charge is 2.30. The first-order valence-electron chi connectivity index (χ1n) is 9.01. The number of imidazole rings is 1. The van der Waals surface area contributed by atoms with Crippen LogP contribution < -0.4 is 0 Å². The van der Waals surface area contributed by atoms with Crippen molar-refractivity contribution in [2.24, 2.45) is 0 Å². The lowest BCUT2D eigenvalue weighted by Gasteiger charge is -2.34. The minimum absolute atomic E-state index is 0.0853. The number of amides is 1. The van der Waals surface area contributed by atoms with Crippen molar-refractivity contribution >= 4 is 5.91 Å². The summed E-state index contributed by atoms with van der Waals surface area (Å²) in [5.74, 6) is 1.27. The lowest BCUT2D eigenvalue weighted by atomic mass is 9.88. The molecule has 1 amide bonds. The van der Waals surface area contributed by atoms with Crippen molar-refractivity contribution < 1.29 is 4.79 Å². The van der Waals surface area contributed by atoms with E-state index >= 15 is 0 Å². The highest BCUT2D eigenvalue weighted by atomic mass is 16.2. The molecule has 26 heavy (non-hydrogen) atoms. The summed E-state index contributed by atoms with van der Waals surface area (Å²) < 4.78 is 2.17. The van der Waals surface area contributed by atoms with E-state index in [0.29, 0.717) is 19.5 Å². The molecular formula is C21H22N4O. The Hall–Kier alpha value is -2.95.